The van der Waals surface area contributed by atoms with Gasteiger partial charge in [-0.1, -0.05) is 22.9 Å². The quantitative estimate of drug-likeness (QED) is 0.662. The van der Waals surface area contributed by atoms with Crippen LogP contribution in [0, 0.1) is 12.7 Å². The Hall–Kier alpha value is -0.230. The molecule has 0 spiro atoms. The highest BCUT2D eigenvalue weighted by atomic mass is 79.9. The Morgan fingerprint density at radius 2 is 2.05 bits per heavy atom. The van der Waals surface area contributed by atoms with Crippen molar-refractivity contribution in [3.63, 3.8) is 0 Å². The van der Waals surface area contributed by atoms with Crippen molar-refractivity contribution >= 4 is 43.2 Å². The van der Waals surface area contributed by atoms with E-state index in [2.05, 4.69) is 57.1 Å². The lowest BCUT2D eigenvalue weighted by molar-refractivity contribution is 0.553. The second-order valence-corrected chi connectivity index (χ2v) is 7.91. The smallest absolute Gasteiger partial charge is 0.123 e. The largest absolute Gasteiger partial charge is 0.309 e. The Bertz CT molecular complexity index is 578. The van der Waals surface area contributed by atoms with E-state index >= 15 is 0 Å². The number of halogens is 3. The normalized spacial score (nSPS) is 12.7. The highest BCUT2D eigenvalue weighted by molar-refractivity contribution is 9.11. The summed E-state index contributed by atoms with van der Waals surface area (Å²) in [4.78, 5) is 1.27. The van der Waals surface area contributed by atoms with Gasteiger partial charge in [0.2, 0.25) is 0 Å². The molecule has 2 aromatic rings. The molecule has 0 aliphatic carbocycles. The summed E-state index contributed by atoms with van der Waals surface area (Å²) in [6.07, 6.45) is 0.762. The van der Waals surface area contributed by atoms with Crippen LogP contribution in [0.15, 0.2) is 32.5 Å². The minimum absolute atomic E-state index is 0.193. The molecule has 0 saturated heterocycles. The van der Waals surface area contributed by atoms with Crippen molar-refractivity contribution in [2.45, 2.75) is 26.3 Å². The fraction of sp³-hybridized carbons (Fsp3) is 0.333. The fourth-order valence-electron chi connectivity index (χ4n) is 2.09. The van der Waals surface area contributed by atoms with E-state index < -0.39 is 0 Å². The van der Waals surface area contributed by atoms with Crippen molar-refractivity contribution in [3.8, 4) is 0 Å². The molecule has 0 aliphatic heterocycles. The van der Waals surface area contributed by atoms with Gasteiger partial charge in [0.25, 0.3) is 0 Å². The first-order valence-corrected chi connectivity index (χ1v) is 8.84. The van der Waals surface area contributed by atoms with E-state index in [-0.39, 0.29) is 11.9 Å². The lowest BCUT2D eigenvalue weighted by Gasteiger charge is -2.17. The van der Waals surface area contributed by atoms with Gasteiger partial charge in [-0.15, -0.1) is 11.3 Å². The van der Waals surface area contributed by atoms with Gasteiger partial charge in [0.15, 0.2) is 0 Å². The van der Waals surface area contributed by atoms with Crippen LogP contribution in [0.4, 0.5) is 4.39 Å². The highest BCUT2D eigenvalue weighted by Gasteiger charge is 2.16. The maximum absolute atomic E-state index is 13.4. The van der Waals surface area contributed by atoms with Gasteiger partial charge in [0.05, 0.1) is 3.79 Å². The summed E-state index contributed by atoms with van der Waals surface area (Å²) in [7, 11) is 0. The number of likely N-dealkylation sites (N-methyl/N-ethyl adjacent to an activating group) is 1. The Morgan fingerprint density at radius 1 is 1.30 bits per heavy atom. The zero-order chi connectivity index (χ0) is 14.7. The van der Waals surface area contributed by atoms with Gasteiger partial charge in [-0.3, -0.25) is 0 Å². The molecule has 0 bridgehead atoms. The predicted molar refractivity (Wildman–Crippen MR) is 91.0 cm³/mol. The second kappa shape index (κ2) is 7.16. The van der Waals surface area contributed by atoms with Crippen molar-refractivity contribution in [2.24, 2.45) is 0 Å². The third-order valence-electron chi connectivity index (χ3n) is 3.10. The highest BCUT2D eigenvalue weighted by Crippen LogP contribution is 2.34. The van der Waals surface area contributed by atoms with E-state index in [1.165, 1.54) is 16.5 Å². The summed E-state index contributed by atoms with van der Waals surface area (Å²) < 4.78 is 15.5. The van der Waals surface area contributed by atoms with Crippen LogP contribution >= 0.6 is 43.2 Å². The SMILES string of the molecule is CCNC(Cc1cc(F)ccc1Br)c1cc(C)c(Br)s1. The maximum Gasteiger partial charge on any atom is 0.123 e. The molecular weight excluding hydrogens is 405 g/mol. The van der Waals surface area contributed by atoms with Crippen LogP contribution in [-0.4, -0.2) is 6.54 Å². The zero-order valence-electron chi connectivity index (χ0n) is 11.3. The summed E-state index contributed by atoms with van der Waals surface area (Å²) in [5, 5.41) is 3.48. The van der Waals surface area contributed by atoms with Crippen LogP contribution in [0.25, 0.3) is 0 Å². The minimum atomic E-state index is -0.193. The first kappa shape index (κ1) is 16.1. The Balaban J connectivity index is 2.27. The molecule has 0 amide bonds. The third kappa shape index (κ3) is 3.91. The topological polar surface area (TPSA) is 12.0 Å². The minimum Gasteiger partial charge on any atom is -0.309 e. The molecule has 5 heteroatoms. The Morgan fingerprint density at radius 3 is 2.65 bits per heavy atom. The fourth-order valence-corrected chi connectivity index (χ4v) is 4.15. The number of hydrogen-bond donors (Lipinski definition) is 1. The van der Waals surface area contributed by atoms with Crippen LogP contribution in [0.3, 0.4) is 0 Å². The molecule has 1 atom stereocenters. The average molecular weight is 421 g/mol. The first-order valence-electron chi connectivity index (χ1n) is 6.44. The molecule has 1 aromatic heterocycles. The Kier molecular flexibility index (Phi) is 5.78. The average Bonchev–Trinajstić information content (AvgIpc) is 2.73. The lowest BCUT2D eigenvalue weighted by atomic mass is 10.0. The standard InChI is InChI=1S/C15H16Br2FNS/c1-3-19-13(14-6-9(2)15(17)20-14)8-10-7-11(18)4-5-12(10)16/h4-7,13,19H,3,8H2,1-2H3. The van der Waals surface area contributed by atoms with Crippen molar-refractivity contribution in [1.82, 2.24) is 5.32 Å². The second-order valence-electron chi connectivity index (χ2n) is 4.66. The molecule has 1 N–H and O–H groups in total. The van der Waals surface area contributed by atoms with Crippen molar-refractivity contribution < 1.29 is 4.39 Å². The third-order valence-corrected chi connectivity index (χ3v) is 6.13. The van der Waals surface area contributed by atoms with Gasteiger partial charge >= 0.3 is 0 Å². The van der Waals surface area contributed by atoms with Crippen molar-refractivity contribution in [2.75, 3.05) is 6.54 Å². The zero-order valence-corrected chi connectivity index (χ0v) is 15.3. The van der Waals surface area contributed by atoms with Crippen LogP contribution in [0.2, 0.25) is 0 Å². The summed E-state index contributed by atoms with van der Waals surface area (Å²) in [6.45, 7) is 5.06. The monoisotopic (exact) mass is 419 g/mol. The summed E-state index contributed by atoms with van der Waals surface area (Å²) in [5.74, 6) is -0.193. The number of aryl methyl sites for hydroxylation is 1. The van der Waals surface area contributed by atoms with E-state index in [9.17, 15) is 4.39 Å². The van der Waals surface area contributed by atoms with Crippen LogP contribution in [0.1, 0.15) is 29.0 Å². The molecule has 0 aliphatic rings. The summed E-state index contributed by atoms with van der Waals surface area (Å²) in [5.41, 5.74) is 2.23. The van der Waals surface area contributed by atoms with E-state index in [4.69, 9.17) is 0 Å². The first-order chi connectivity index (χ1) is 9.51. The van der Waals surface area contributed by atoms with Crippen molar-refractivity contribution in [1.29, 1.82) is 0 Å². The van der Waals surface area contributed by atoms with Gasteiger partial charge in [0.1, 0.15) is 5.82 Å². The van der Waals surface area contributed by atoms with E-state index in [0.29, 0.717) is 0 Å². The number of thiophene rings is 1. The number of benzene rings is 1. The van der Waals surface area contributed by atoms with Gasteiger partial charge in [0, 0.05) is 15.4 Å². The van der Waals surface area contributed by atoms with Crippen LogP contribution in [-0.2, 0) is 6.42 Å². The molecule has 108 valence electrons. The van der Waals surface area contributed by atoms with Gasteiger partial charge in [-0.05, 0) is 71.2 Å². The molecule has 0 fully saturated rings. The lowest BCUT2D eigenvalue weighted by Crippen LogP contribution is -2.22. The molecule has 1 unspecified atom stereocenters. The maximum atomic E-state index is 13.4. The van der Waals surface area contributed by atoms with E-state index in [1.807, 2.05) is 0 Å². The molecule has 1 nitrogen and oxygen atoms in total. The Labute approximate surface area is 139 Å². The number of nitrogens with one attached hydrogen (secondary N) is 1. The van der Waals surface area contributed by atoms with Crippen molar-refractivity contribution in [3.05, 3.63) is 54.3 Å². The molecule has 20 heavy (non-hydrogen) atoms. The number of hydrogen-bond acceptors (Lipinski definition) is 2. The molecule has 0 saturated carbocycles. The molecular formula is C15H16Br2FNS. The van der Waals surface area contributed by atoms with E-state index in [1.54, 1.807) is 23.5 Å². The molecule has 1 heterocycles. The predicted octanol–water partition coefficient (Wildman–Crippen LogP) is 5.61. The van der Waals surface area contributed by atoms with E-state index in [0.717, 1.165) is 26.8 Å². The van der Waals surface area contributed by atoms with Crippen LogP contribution < -0.4 is 5.32 Å². The van der Waals surface area contributed by atoms with Gasteiger partial charge in [-0.2, -0.15) is 0 Å². The van der Waals surface area contributed by atoms with Crippen LogP contribution in [0.5, 0.6) is 0 Å². The molecule has 1 aromatic carbocycles. The molecule has 0 radical (unpaired) electrons. The summed E-state index contributed by atoms with van der Waals surface area (Å²) in [6, 6.07) is 7.23. The molecule has 2 rings (SSSR count). The van der Waals surface area contributed by atoms with Gasteiger partial charge in [-0.25, -0.2) is 4.39 Å². The number of rotatable bonds is 5. The van der Waals surface area contributed by atoms with Gasteiger partial charge < -0.3 is 5.32 Å². The summed E-state index contributed by atoms with van der Waals surface area (Å²) >= 11 is 8.81.